The van der Waals surface area contributed by atoms with Crippen LogP contribution in [-0.2, 0) is 4.43 Å². The van der Waals surface area contributed by atoms with E-state index in [1.165, 1.54) is 0 Å². The topological polar surface area (TPSA) is 33.0 Å². The van der Waals surface area contributed by atoms with Crippen molar-refractivity contribution >= 4 is 35.5 Å². The maximum absolute atomic E-state index is 15.2. The van der Waals surface area contributed by atoms with Gasteiger partial charge in [-0.1, -0.05) is 115 Å². The quantitative estimate of drug-likeness (QED) is 0.244. The molecule has 2 nitrogen and oxygen atoms in total. The number of rotatable bonds is 6. The van der Waals surface area contributed by atoms with Crippen molar-refractivity contribution in [1.29, 1.82) is 5.26 Å². The molecule has 6 heteroatoms. The highest BCUT2D eigenvalue weighted by Crippen LogP contribution is 2.61. The summed E-state index contributed by atoms with van der Waals surface area (Å²) in [6.07, 6.45) is 0.218. The summed E-state index contributed by atoms with van der Waals surface area (Å²) in [6.45, 7) is 3.64. The first-order valence-electron chi connectivity index (χ1n) is 9.83. The molecule has 0 heterocycles. The third kappa shape index (κ3) is 3.06. The van der Waals surface area contributed by atoms with Gasteiger partial charge in [-0.2, -0.15) is 5.26 Å². The molecule has 0 amide bonds. The summed E-state index contributed by atoms with van der Waals surface area (Å²) in [5.41, 5.74) is -2.34. The Morgan fingerprint density at radius 3 is 1.55 bits per heavy atom. The maximum Gasteiger partial charge on any atom is 0.289 e. The van der Waals surface area contributed by atoms with Crippen molar-refractivity contribution in [3.8, 4) is 6.07 Å². The average Bonchev–Trinajstić information content (AvgIpc) is 2.81. The highest BCUT2D eigenvalue weighted by molar-refractivity contribution is 7.07. The second-order valence-electron chi connectivity index (χ2n) is 7.62. The van der Waals surface area contributed by atoms with Gasteiger partial charge in [-0.25, -0.2) is 8.78 Å². The van der Waals surface area contributed by atoms with E-state index in [9.17, 15) is 5.26 Å². The Bertz CT molecular complexity index is 1020. The van der Waals surface area contributed by atoms with Gasteiger partial charge in [0.05, 0.1) is 12.5 Å². The second-order valence-corrected chi connectivity index (χ2v) is 11.6. The third-order valence-electron chi connectivity index (χ3n) is 5.92. The Morgan fingerprint density at radius 2 is 1.26 bits per heavy atom. The molecule has 1 aliphatic rings. The molecule has 0 aromatic heterocycles. The molecule has 2 atom stereocenters. The van der Waals surface area contributed by atoms with E-state index in [0.29, 0.717) is 0 Å². The second kappa shape index (κ2) is 7.72. The summed E-state index contributed by atoms with van der Waals surface area (Å²) in [5, 5.41) is 12.0. The lowest BCUT2D eigenvalue weighted by Gasteiger charge is -2.58. The van der Waals surface area contributed by atoms with E-state index in [2.05, 4.69) is 6.58 Å². The standard InChI is InChI=1S/C25H20ClF2NOSi/c1-2-24(23(26,19-29)18-25(24,27)28)30-31(20-12-6-3-7-13-20,21-14-8-4-9-15-21)22-16-10-5-11-17-22/h2-17H,1,18H2/t23-,24+/m0/s1. The molecule has 1 fully saturated rings. The fraction of sp³-hybridized carbons (Fsp3) is 0.160. The third-order valence-corrected chi connectivity index (χ3v) is 10.5. The Labute approximate surface area is 186 Å². The zero-order valence-electron chi connectivity index (χ0n) is 16.6. The van der Waals surface area contributed by atoms with Gasteiger partial charge in [0.2, 0.25) is 0 Å². The van der Waals surface area contributed by atoms with Crippen LogP contribution in [0.2, 0.25) is 0 Å². The van der Waals surface area contributed by atoms with Crippen molar-refractivity contribution in [3.63, 3.8) is 0 Å². The molecule has 31 heavy (non-hydrogen) atoms. The van der Waals surface area contributed by atoms with Crippen LogP contribution >= 0.6 is 11.6 Å². The fourth-order valence-corrected chi connectivity index (χ4v) is 9.03. The zero-order chi connectivity index (χ0) is 22.2. The van der Waals surface area contributed by atoms with Crippen LogP contribution in [0.5, 0.6) is 0 Å². The largest absolute Gasteiger partial charge is 0.387 e. The fourth-order valence-electron chi connectivity index (χ4n) is 4.32. The molecule has 0 aliphatic heterocycles. The summed E-state index contributed by atoms with van der Waals surface area (Å²) < 4.78 is 37.0. The van der Waals surface area contributed by atoms with Gasteiger partial charge < -0.3 is 4.43 Å². The van der Waals surface area contributed by atoms with Crippen LogP contribution in [0.4, 0.5) is 8.78 Å². The Morgan fingerprint density at radius 1 is 0.871 bits per heavy atom. The molecule has 3 aromatic rings. The Hall–Kier alpha value is -2.78. The molecule has 0 unspecified atom stereocenters. The summed E-state index contributed by atoms with van der Waals surface area (Å²) >= 11 is 6.45. The molecule has 3 aromatic carbocycles. The van der Waals surface area contributed by atoms with Crippen LogP contribution in [0.1, 0.15) is 6.42 Å². The van der Waals surface area contributed by atoms with Crippen LogP contribution in [0.25, 0.3) is 0 Å². The lowest BCUT2D eigenvalue weighted by molar-refractivity contribution is -0.225. The van der Waals surface area contributed by atoms with Crippen LogP contribution in [0.15, 0.2) is 104 Å². The molecule has 0 radical (unpaired) electrons. The lowest BCUT2D eigenvalue weighted by Crippen LogP contribution is -2.81. The Kier molecular flexibility index (Phi) is 5.34. The highest BCUT2D eigenvalue weighted by atomic mass is 35.5. The summed E-state index contributed by atoms with van der Waals surface area (Å²) in [4.78, 5) is -1.92. The van der Waals surface area contributed by atoms with E-state index in [-0.39, 0.29) is 0 Å². The average molecular weight is 452 g/mol. The van der Waals surface area contributed by atoms with Gasteiger partial charge in [0, 0.05) is 0 Å². The van der Waals surface area contributed by atoms with E-state index in [1.807, 2.05) is 97.1 Å². The maximum atomic E-state index is 15.2. The molecule has 0 bridgehead atoms. The Balaban J connectivity index is 2.06. The monoisotopic (exact) mass is 451 g/mol. The first-order chi connectivity index (χ1) is 14.9. The number of hydrogen-bond donors (Lipinski definition) is 0. The zero-order valence-corrected chi connectivity index (χ0v) is 18.4. The number of alkyl halides is 3. The first-order valence-corrected chi connectivity index (χ1v) is 12.1. The lowest BCUT2D eigenvalue weighted by atomic mass is 9.66. The minimum absolute atomic E-state index is 0.772. The van der Waals surface area contributed by atoms with Crippen molar-refractivity contribution in [1.82, 2.24) is 0 Å². The molecule has 4 rings (SSSR count). The SMILES string of the molecule is C=C[C@]1(O[Si](c2ccccc2)(c2ccccc2)c2ccccc2)C(F)(F)C[C@]1(Cl)C#N. The molecule has 0 spiro atoms. The minimum Gasteiger partial charge on any atom is -0.387 e. The minimum atomic E-state index is -3.53. The van der Waals surface area contributed by atoms with E-state index in [4.69, 9.17) is 16.0 Å². The number of hydrogen-bond acceptors (Lipinski definition) is 2. The van der Waals surface area contributed by atoms with Crippen molar-refractivity contribution in [3.05, 3.63) is 104 Å². The predicted octanol–water partition coefficient (Wildman–Crippen LogP) is 4.14. The molecule has 1 aliphatic carbocycles. The molecular weight excluding hydrogens is 432 g/mol. The van der Waals surface area contributed by atoms with Gasteiger partial charge in [0.15, 0.2) is 10.5 Å². The highest BCUT2D eigenvalue weighted by Gasteiger charge is 2.79. The van der Waals surface area contributed by atoms with Gasteiger partial charge in [0.25, 0.3) is 14.2 Å². The summed E-state index contributed by atoms with van der Waals surface area (Å²) in [7, 11) is -3.53. The molecule has 156 valence electrons. The number of benzene rings is 3. The molecule has 0 N–H and O–H groups in total. The first kappa shape index (κ1) is 21.4. The van der Waals surface area contributed by atoms with Crippen LogP contribution in [-0.4, -0.2) is 24.7 Å². The van der Waals surface area contributed by atoms with E-state index in [0.717, 1.165) is 21.6 Å². The molecule has 0 saturated heterocycles. The van der Waals surface area contributed by atoms with E-state index in [1.54, 1.807) is 0 Å². The van der Waals surface area contributed by atoms with Crippen molar-refractivity contribution < 1.29 is 13.2 Å². The molecular formula is C25H20ClF2NOSi. The van der Waals surface area contributed by atoms with Gasteiger partial charge in [-0.3, -0.25) is 0 Å². The predicted molar refractivity (Wildman–Crippen MR) is 122 cm³/mol. The smallest absolute Gasteiger partial charge is 0.289 e. The number of nitrogens with zero attached hydrogens (tertiary/aromatic N) is 1. The normalized spacial score (nSPS) is 24.6. The van der Waals surface area contributed by atoms with E-state index >= 15 is 8.78 Å². The van der Waals surface area contributed by atoms with Crippen molar-refractivity contribution in [2.24, 2.45) is 0 Å². The molecule has 1 saturated carbocycles. The van der Waals surface area contributed by atoms with Gasteiger partial charge in [-0.05, 0) is 15.6 Å². The van der Waals surface area contributed by atoms with Crippen molar-refractivity contribution in [2.75, 3.05) is 0 Å². The van der Waals surface area contributed by atoms with Crippen LogP contribution in [0.3, 0.4) is 0 Å². The number of nitriles is 1. The van der Waals surface area contributed by atoms with Gasteiger partial charge >= 0.3 is 0 Å². The van der Waals surface area contributed by atoms with Crippen LogP contribution < -0.4 is 15.6 Å². The van der Waals surface area contributed by atoms with E-state index < -0.39 is 31.1 Å². The summed E-state index contributed by atoms with van der Waals surface area (Å²) in [5.74, 6) is -3.34. The van der Waals surface area contributed by atoms with Crippen molar-refractivity contribution in [2.45, 2.75) is 22.8 Å². The number of halogens is 3. The van der Waals surface area contributed by atoms with Gasteiger partial charge in [-0.15, -0.1) is 0 Å². The van der Waals surface area contributed by atoms with Crippen LogP contribution in [0, 0.1) is 11.3 Å². The van der Waals surface area contributed by atoms with Gasteiger partial charge in [0.1, 0.15) is 0 Å². The summed E-state index contributed by atoms with van der Waals surface area (Å²) in [6, 6.07) is 29.8.